The van der Waals surface area contributed by atoms with Crippen LogP contribution >= 0.6 is 11.8 Å². The smallest absolute Gasteiger partial charge is 0.395 e. The first-order valence-electron chi connectivity index (χ1n) is 7.24. The maximum atomic E-state index is 13.0. The summed E-state index contributed by atoms with van der Waals surface area (Å²) >= 11 is 0.934. The number of anilines is 1. The summed E-state index contributed by atoms with van der Waals surface area (Å²) in [7, 11) is 0. The number of nitrogens with two attached hydrogens (primary N) is 2. The van der Waals surface area contributed by atoms with Crippen LogP contribution in [-0.2, 0) is 6.18 Å². The second-order valence-corrected chi connectivity index (χ2v) is 7.07. The largest absolute Gasteiger partial charge is 0.453 e. The molecule has 1 fully saturated rings. The summed E-state index contributed by atoms with van der Waals surface area (Å²) in [6, 6.07) is 1.15. The van der Waals surface area contributed by atoms with Crippen LogP contribution in [0.25, 0.3) is 5.52 Å². The van der Waals surface area contributed by atoms with Crippen molar-refractivity contribution in [2.75, 3.05) is 12.3 Å². The molecule has 1 aliphatic heterocycles. The van der Waals surface area contributed by atoms with Crippen molar-refractivity contribution in [1.29, 1.82) is 0 Å². The average Bonchev–Trinajstić information content (AvgIpc) is 3.06. The van der Waals surface area contributed by atoms with E-state index in [1.165, 1.54) is 0 Å². The molecule has 13 heteroatoms. The minimum Gasteiger partial charge on any atom is -0.395 e. The molecule has 1 aliphatic rings. The predicted molar refractivity (Wildman–Crippen MR) is 84.1 cm³/mol. The monoisotopic (exact) mass is 393 g/mol. The number of fused-ring (bicyclic) bond motifs is 1. The van der Waals surface area contributed by atoms with E-state index in [0.29, 0.717) is 0 Å². The van der Waals surface area contributed by atoms with Crippen LogP contribution in [0.4, 0.5) is 19.0 Å². The molecular weight excluding hydrogens is 379 g/mol. The lowest BCUT2D eigenvalue weighted by Gasteiger charge is -2.16. The Balaban J connectivity index is 2.25. The lowest BCUT2D eigenvalue weighted by Crippen LogP contribution is -2.32. The highest BCUT2D eigenvalue weighted by Gasteiger charge is 2.45. The first kappa shape index (κ1) is 18.7. The molecule has 1 saturated heterocycles. The van der Waals surface area contributed by atoms with Crippen molar-refractivity contribution in [3.63, 3.8) is 0 Å². The minimum atomic E-state index is -4.90. The van der Waals surface area contributed by atoms with Crippen molar-refractivity contribution in [3.8, 4) is 0 Å². The molecule has 3 rings (SSSR count). The van der Waals surface area contributed by atoms with Gasteiger partial charge in [0.25, 0.3) is 11.7 Å². The molecule has 2 aromatic rings. The Morgan fingerprint density at radius 3 is 2.50 bits per heavy atom. The van der Waals surface area contributed by atoms with E-state index in [9.17, 15) is 33.3 Å². The first-order valence-corrected chi connectivity index (χ1v) is 8.19. The van der Waals surface area contributed by atoms with Crippen LogP contribution in [0.2, 0.25) is 0 Å². The zero-order chi connectivity index (χ0) is 19.4. The molecule has 0 aliphatic carbocycles. The SMILES string of the molecule is NC(=O)c1cc([C@@H]2S[C@H](CO)[C@@H](O)[C@H]2O)n2nc(C(F)(F)F)nc(N)c12. The zero-order valence-corrected chi connectivity index (χ0v) is 13.7. The quantitative estimate of drug-likeness (QED) is 0.458. The van der Waals surface area contributed by atoms with Crippen LogP contribution in [0.1, 0.15) is 27.1 Å². The molecule has 0 unspecified atom stereocenters. The number of hydrogen-bond acceptors (Lipinski definition) is 8. The fourth-order valence-electron chi connectivity index (χ4n) is 2.81. The Labute approximate surface area is 147 Å². The highest BCUT2D eigenvalue weighted by Crippen LogP contribution is 2.46. The van der Waals surface area contributed by atoms with Crippen LogP contribution in [0.5, 0.6) is 0 Å². The summed E-state index contributed by atoms with van der Waals surface area (Å²) < 4.78 is 39.8. The third kappa shape index (κ3) is 2.86. The molecular formula is C13H14F3N5O4S. The van der Waals surface area contributed by atoms with E-state index in [1.54, 1.807) is 0 Å². The number of aromatic nitrogens is 3. The van der Waals surface area contributed by atoms with Gasteiger partial charge in [0.05, 0.1) is 40.6 Å². The Hall–Kier alpha value is -2.09. The van der Waals surface area contributed by atoms with Gasteiger partial charge in [-0.15, -0.1) is 16.9 Å². The maximum absolute atomic E-state index is 13.0. The topological polar surface area (TPSA) is 160 Å². The van der Waals surface area contributed by atoms with Gasteiger partial charge in [-0.1, -0.05) is 0 Å². The number of nitrogens with zero attached hydrogens (tertiary/aromatic N) is 3. The van der Waals surface area contributed by atoms with Crippen molar-refractivity contribution in [3.05, 3.63) is 23.1 Å². The molecule has 4 atom stereocenters. The van der Waals surface area contributed by atoms with Gasteiger partial charge in [0.2, 0.25) is 0 Å². The molecule has 0 radical (unpaired) electrons. The van der Waals surface area contributed by atoms with Crippen LogP contribution in [0.15, 0.2) is 6.07 Å². The van der Waals surface area contributed by atoms with Crippen LogP contribution in [-0.4, -0.2) is 59.9 Å². The van der Waals surface area contributed by atoms with E-state index < -0.39 is 53.0 Å². The number of thioether (sulfide) groups is 1. The molecule has 142 valence electrons. The molecule has 0 aromatic carbocycles. The summed E-state index contributed by atoms with van der Waals surface area (Å²) in [4.78, 5) is 14.8. The van der Waals surface area contributed by atoms with Crippen LogP contribution in [0, 0.1) is 0 Å². The summed E-state index contributed by atoms with van der Waals surface area (Å²) in [5.74, 6) is -3.11. The van der Waals surface area contributed by atoms with E-state index in [2.05, 4.69) is 10.1 Å². The number of nitrogen functional groups attached to an aromatic ring is 1. The molecule has 0 bridgehead atoms. The van der Waals surface area contributed by atoms with Gasteiger partial charge in [-0.3, -0.25) is 4.79 Å². The number of aliphatic hydroxyl groups is 3. The fourth-order valence-corrected chi connectivity index (χ4v) is 4.23. The van der Waals surface area contributed by atoms with Crippen molar-refractivity contribution in [2.24, 2.45) is 5.73 Å². The molecule has 3 heterocycles. The van der Waals surface area contributed by atoms with Crippen molar-refractivity contribution < 1.29 is 33.3 Å². The van der Waals surface area contributed by atoms with E-state index in [4.69, 9.17) is 11.5 Å². The van der Waals surface area contributed by atoms with Gasteiger partial charge in [0.15, 0.2) is 5.82 Å². The third-order valence-electron chi connectivity index (χ3n) is 4.02. The lowest BCUT2D eigenvalue weighted by atomic mass is 10.1. The van der Waals surface area contributed by atoms with E-state index in [1.807, 2.05) is 0 Å². The minimum absolute atomic E-state index is 0.0269. The zero-order valence-electron chi connectivity index (χ0n) is 12.9. The number of primary amides is 1. The van der Waals surface area contributed by atoms with Gasteiger partial charge < -0.3 is 26.8 Å². The molecule has 1 amide bonds. The number of rotatable bonds is 3. The van der Waals surface area contributed by atoms with E-state index >= 15 is 0 Å². The third-order valence-corrected chi connectivity index (χ3v) is 5.61. The Morgan fingerprint density at radius 2 is 2.00 bits per heavy atom. The Kier molecular flexibility index (Phi) is 4.50. The van der Waals surface area contributed by atoms with Crippen molar-refractivity contribution in [2.45, 2.75) is 28.9 Å². The molecule has 26 heavy (non-hydrogen) atoms. The normalized spacial score (nSPS) is 26.5. The number of hydrogen-bond donors (Lipinski definition) is 5. The van der Waals surface area contributed by atoms with Gasteiger partial charge in [-0.25, -0.2) is 9.50 Å². The van der Waals surface area contributed by atoms with Gasteiger partial charge in [0.1, 0.15) is 5.52 Å². The molecule has 2 aromatic heterocycles. The lowest BCUT2D eigenvalue weighted by molar-refractivity contribution is -0.145. The number of amides is 1. The highest BCUT2D eigenvalue weighted by molar-refractivity contribution is 8.00. The average molecular weight is 393 g/mol. The van der Waals surface area contributed by atoms with Gasteiger partial charge in [0, 0.05) is 0 Å². The number of carbonyl (C=O) groups is 1. The second-order valence-electron chi connectivity index (χ2n) is 5.68. The number of alkyl halides is 3. The Morgan fingerprint density at radius 1 is 1.35 bits per heavy atom. The van der Waals surface area contributed by atoms with Crippen molar-refractivity contribution in [1.82, 2.24) is 14.6 Å². The fraction of sp³-hybridized carbons (Fsp3) is 0.462. The molecule has 0 spiro atoms. The van der Waals surface area contributed by atoms with Gasteiger partial charge >= 0.3 is 6.18 Å². The number of halogens is 3. The van der Waals surface area contributed by atoms with Gasteiger partial charge in [-0.05, 0) is 6.07 Å². The summed E-state index contributed by atoms with van der Waals surface area (Å²) in [6.45, 7) is -0.462. The standard InChI is InChI=1S/C13H14F3N5O4S/c14-13(15,16)12-19-10(17)6-3(11(18)25)1-4(21(6)20-12)9-8(24)7(23)5(2-22)26-9/h1,5,7-9,22-24H,2H2,(H2,18,25)(H2,17,19,20)/t5-,7-,8-,9+/m1/s1. The first-order chi connectivity index (χ1) is 12.1. The summed E-state index contributed by atoms with van der Waals surface area (Å²) in [5, 5.41) is 31.1. The number of carbonyl (C=O) groups excluding carboxylic acids is 1. The summed E-state index contributed by atoms with van der Waals surface area (Å²) in [5.41, 5.74) is 10.4. The Bertz CT molecular complexity index is 874. The summed E-state index contributed by atoms with van der Waals surface area (Å²) in [6.07, 6.45) is -7.63. The highest BCUT2D eigenvalue weighted by atomic mass is 32.2. The molecule has 0 saturated carbocycles. The second kappa shape index (κ2) is 6.26. The van der Waals surface area contributed by atoms with Crippen LogP contribution in [0.3, 0.4) is 0 Å². The van der Waals surface area contributed by atoms with Crippen molar-refractivity contribution >= 4 is 29.0 Å². The van der Waals surface area contributed by atoms with E-state index in [0.717, 1.165) is 22.3 Å². The van der Waals surface area contributed by atoms with Gasteiger partial charge in [-0.2, -0.15) is 13.2 Å². The number of aliphatic hydroxyl groups excluding tert-OH is 3. The molecule has 7 N–H and O–H groups in total. The molecule has 9 nitrogen and oxygen atoms in total. The predicted octanol–water partition coefficient (Wildman–Crippen LogP) is -0.700. The van der Waals surface area contributed by atoms with E-state index in [-0.39, 0.29) is 16.8 Å². The maximum Gasteiger partial charge on any atom is 0.453 e. The van der Waals surface area contributed by atoms with Crippen LogP contribution < -0.4 is 11.5 Å².